The van der Waals surface area contributed by atoms with Gasteiger partial charge in [-0.2, -0.15) is 8.42 Å². The summed E-state index contributed by atoms with van der Waals surface area (Å²) >= 11 is 0. The van der Waals surface area contributed by atoms with Gasteiger partial charge in [-0.3, -0.25) is 13.8 Å². The van der Waals surface area contributed by atoms with Crippen molar-refractivity contribution in [1.29, 1.82) is 0 Å². The maximum absolute atomic E-state index is 14.5. The summed E-state index contributed by atoms with van der Waals surface area (Å²) in [5.74, 6) is -6.11. The van der Waals surface area contributed by atoms with Gasteiger partial charge in [0.2, 0.25) is 5.43 Å². The number of esters is 1. The molecule has 2 aromatic rings. The Bertz CT molecular complexity index is 2520. The van der Waals surface area contributed by atoms with E-state index in [1.165, 1.54) is 33.2 Å². The predicted molar refractivity (Wildman–Crippen MR) is 282 cm³/mol. The van der Waals surface area contributed by atoms with E-state index in [1.54, 1.807) is 65.2 Å². The lowest BCUT2D eigenvalue weighted by molar-refractivity contribution is -0.316. The van der Waals surface area contributed by atoms with Gasteiger partial charge in [-0.25, -0.2) is 4.79 Å². The molecule has 18 atom stereocenters. The van der Waals surface area contributed by atoms with E-state index in [1.807, 2.05) is 32.8 Å². The SMILES string of the molecule is CC[C@H]1OC(=O)[C@H](C)[C@@H](O[C@H]2C[C@@](C)(OC)[C@@H](OS(=O)(=O)CCNCCOc3ccc4c(=O)c(C(=O)O)cn(CC)c4c3)[C@H](C)O2)[C@H](C)[C@@H](O[C@@H]2O[C@H](C)C[C@H](N(C)C)[C@H]2O)[C@](C)(O)C[C@@H](C)/C(=N\O)[C@H](C)[C@@H](O)[C@]1(C)O. The smallest absolute Gasteiger partial charge is 0.341 e. The minimum Gasteiger partial charge on any atom is -0.492 e. The summed E-state index contributed by atoms with van der Waals surface area (Å²) in [7, 11) is 0.787. The first-order valence-electron chi connectivity index (χ1n) is 26.6. The van der Waals surface area contributed by atoms with Crippen molar-refractivity contribution in [2.45, 2.75) is 193 Å². The number of carboxylic acids is 1. The topological polar surface area (TPSA) is 313 Å². The number of rotatable bonds is 18. The molecule has 7 N–H and O–H groups in total. The summed E-state index contributed by atoms with van der Waals surface area (Å²) in [6, 6.07) is 4.31. The number of nitrogens with one attached hydrogen (secondary N) is 1. The summed E-state index contributed by atoms with van der Waals surface area (Å²) < 4.78 is 78.8. The van der Waals surface area contributed by atoms with Crippen molar-refractivity contribution in [2.24, 2.45) is 28.8 Å². The van der Waals surface area contributed by atoms with Gasteiger partial charge in [-0.1, -0.05) is 32.9 Å². The number of aliphatic hydroxyl groups excluding tert-OH is 2. The number of pyridine rings is 1. The lowest BCUT2D eigenvalue weighted by Crippen LogP contribution is -2.61. The highest BCUT2D eigenvalue weighted by Gasteiger charge is 2.54. The van der Waals surface area contributed by atoms with Gasteiger partial charge < -0.3 is 78.7 Å². The molecule has 0 radical (unpaired) electrons. The van der Waals surface area contributed by atoms with Crippen LogP contribution in [0.5, 0.6) is 5.75 Å². The van der Waals surface area contributed by atoms with Gasteiger partial charge in [0.25, 0.3) is 10.1 Å². The second-order valence-corrected chi connectivity index (χ2v) is 23.9. The Kier molecular flexibility index (Phi) is 21.7. The van der Waals surface area contributed by atoms with Crippen molar-refractivity contribution in [3.63, 3.8) is 0 Å². The lowest BCUT2D eigenvalue weighted by Gasteiger charge is -2.49. The number of likely N-dealkylation sites (N-methyl/N-ethyl adjacent to an activating group) is 1. The van der Waals surface area contributed by atoms with Crippen LogP contribution in [0.4, 0.5) is 0 Å². The average Bonchev–Trinajstić information content (AvgIpc) is 3.36. The Morgan fingerprint density at radius 2 is 1.64 bits per heavy atom. The van der Waals surface area contributed by atoms with Crippen molar-refractivity contribution in [3.05, 3.63) is 40.2 Å². The predicted octanol–water partition coefficient (Wildman–Crippen LogP) is 3.10. The Balaban J connectivity index is 1.37. The van der Waals surface area contributed by atoms with E-state index in [9.17, 15) is 53.5 Å². The molecule has 3 aliphatic rings. The first-order chi connectivity index (χ1) is 35.9. The molecule has 3 aliphatic heterocycles. The van der Waals surface area contributed by atoms with Crippen molar-refractivity contribution >= 4 is 38.7 Å². The average molecular weight is 1120 g/mol. The zero-order valence-corrected chi connectivity index (χ0v) is 47.9. The van der Waals surface area contributed by atoms with Crippen LogP contribution in [-0.2, 0) is 54.1 Å². The van der Waals surface area contributed by atoms with E-state index in [0.717, 1.165) is 0 Å². The number of aromatic carboxylic acids is 1. The summed E-state index contributed by atoms with van der Waals surface area (Å²) in [6.45, 7) is 18.7. The molecule has 24 heteroatoms. The van der Waals surface area contributed by atoms with Crippen molar-refractivity contribution in [2.75, 3.05) is 46.7 Å². The molecule has 3 fully saturated rings. The van der Waals surface area contributed by atoms with Gasteiger partial charge in [0, 0.05) is 74.6 Å². The zero-order chi connectivity index (χ0) is 57.7. The van der Waals surface area contributed by atoms with E-state index in [-0.39, 0.29) is 61.7 Å². The van der Waals surface area contributed by atoms with Crippen LogP contribution >= 0.6 is 0 Å². The number of aryl methyl sites for hydroxylation is 1. The number of carbonyl (C=O) groups excluding carboxylic acids is 1. The number of carbonyl (C=O) groups is 2. The Morgan fingerprint density at radius 3 is 2.23 bits per heavy atom. The maximum Gasteiger partial charge on any atom is 0.341 e. The number of aromatic nitrogens is 1. The third kappa shape index (κ3) is 14.7. The van der Waals surface area contributed by atoms with Gasteiger partial charge in [0.05, 0.1) is 64.6 Å². The number of oxime groups is 1. The highest BCUT2D eigenvalue weighted by atomic mass is 32.2. The highest BCUT2D eigenvalue weighted by Crippen LogP contribution is 2.42. The fourth-order valence-corrected chi connectivity index (χ4v) is 12.6. The number of carboxylic acid groups (broad SMARTS) is 1. The summed E-state index contributed by atoms with van der Waals surface area (Å²) in [6.07, 6.45) is -10.1. The van der Waals surface area contributed by atoms with Crippen molar-refractivity contribution in [3.8, 4) is 5.75 Å². The summed E-state index contributed by atoms with van der Waals surface area (Å²) in [4.78, 5) is 40.7. The molecule has 0 unspecified atom stereocenters. The Morgan fingerprint density at radius 1 is 0.961 bits per heavy atom. The summed E-state index contributed by atoms with van der Waals surface area (Å²) in [5, 5.41) is 74.7. The minimum absolute atomic E-state index is 0.0223. The molecule has 0 saturated carbocycles. The Labute approximate surface area is 452 Å². The number of fused-ring (bicyclic) bond motifs is 1. The van der Waals surface area contributed by atoms with Crippen LogP contribution in [0.25, 0.3) is 10.9 Å². The van der Waals surface area contributed by atoms with Crippen molar-refractivity contribution < 1.29 is 86.1 Å². The zero-order valence-electron chi connectivity index (χ0n) is 47.1. The number of hydrogen-bond acceptors (Lipinski definition) is 21. The van der Waals surface area contributed by atoms with Gasteiger partial charge >= 0.3 is 11.9 Å². The molecule has 438 valence electrons. The largest absolute Gasteiger partial charge is 0.492 e. The molecule has 1 aromatic carbocycles. The monoisotopic (exact) mass is 1110 g/mol. The number of hydrogen-bond donors (Lipinski definition) is 7. The molecular weight excluding hydrogens is 1030 g/mol. The molecule has 0 amide bonds. The van der Waals surface area contributed by atoms with E-state index < -0.39 is 135 Å². The summed E-state index contributed by atoms with van der Waals surface area (Å²) in [5.41, 5.74) is -5.70. The Hall–Kier alpha value is -3.89. The van der Waals surface area contributed by atoms with Crippen LogP contribution in [0.3, 0.4) is 0 Å². The highest BCUT2D eigenvalue weighted by molar-refractivity contribution is 7.86. The van der Waals surface area contributed by atoms with Gasteiger partial charge in [-0.05, 0) is 94.0 Å². The third-order valence-corrected chi connectivity index (χ3v) is 17.1. The molecule has 23 nitrogen and oxygen atoms in total. The second kappa shape index (κ2) is 26.1. The number of benzene rings is 1. The molecule has 1 aromatic heterocycles. The van der Waals surface area contributed by atoms with E-state index in [0.29, 0.717) is 24.2 Å². The molecule has 0 bridgehead atoms. The van der Waals surface area contributed by atoms with E-state index >= 15 is 0 Å². The molecule has 0 aliphatic carbocycles. The lowest BCUT2D eigenvalue weighted by atomic mass is 9.73. The maximum atomic E-state index is 14.5. The minimum atomic E-state index is -4.25. The number of cyclic esters (lactones) is 1. The molecule has 3 saturated heterocycles. The normalized spacial score (nSPS) is 37.6. The number of ether oxygens (including phenoxy) is 7. The van der Waals surface area contributed by atoms with E-state index in [2.05, 4.69) is 10.5 Å². The van der Waals surface area contributed by atoms with Crippen LogP contribution in [0.15, 0.2) is 34.3 Å². The quantitative estimate of drug-likeness (QED) is 0.0371. The van der Waals surface area contributed by atoms with Crippen LogP contribution in [0.2, 0.25) is 0 Å². The second-order valence-electron chi connectivity index (χ2n) is 22.2. The molecule has 0 spiro atoms. The van der Waals surface area contributed by atoms with Crippen LogP contribution < -0.4 is 15.5 Å². The number of nitrogens with zero attached hydrogens (tertiary/aromatic N) is 3. The third-order valence-electron chi connectivity index (χ3n) is 15.9. The molecular formula is C53H86N4O19S. The van der Waals surface area contributed by atoms with Crippen LogP contribution in [0.1, 0.15) is 112 Å². The van der Waals surface area contributed by atoms with Gasteiger partial charge in [0.1, 0.15) is 41.8 Å². The first-order valence-corrected chi connectivity index (χ1v) is 28.2. The van der Waals surface area contributed by atoms with E-state index in [4.69, 9.17) is 37.3 Å². The molecule has 77 heavy (non-hydrogen) atoms. The molecule has 5 rings (SSSR count). The fraction of sp³-hybridized carbons (Fsp3) is 0.774. The number of aliphatic hydroxyl groups is 4. The van der Waals surface area contributed by atoms with Crippen LogP contribution in [-0.4, -0.2) is 197 Å². The molecule has 4 heterocycles. The fourth-order valence-electron chi connectivity index (χ4n) is 11.4. The first kappa shape index (κ1) is 63.9. The van der Waals surface area contributed by atoms with Gasteiger partial charge in [0.15, 0.2) is 12.6 Å². The van der Waals surface area contributed by atoms with Crippen molar-refractivity contribution in [1.82, 2.24) is 14.8 Å². The van der Waals surface area contributed by atoms with Crippen LogP contribution in [0, 0.1) is 23.7 Å². The van der Waals surface area contributed by atoms with Gasteiger partial charge in [-0.15, -0.1) is 0 Å². The number of methoxy groups -OCH3 is 1. The standard InChI is InChI=1S/C53H86N4O19S/c1-15-39-53(11,65)45(60)30(5)41(55-66)28(3)25-51(9,64)46(75-50-43(59)38(56(12)13)23-29(4)71-50)31(6)44(32(7)49(63)73-39)74-40-26-52(10,69-14)47(33(8)72-40)76-77(67,68)22-20-54-19-21-70-34-17-18-35-37(24-34)57(16-2)27-36(42(35)58)48(61)62/h17-18,24,27-33,38-40,43-47,50,54,59-60,64-66H,15-16,19-23,25-26H2,1-14H3,(H,61,62)/b55-41+/t28-,29-,30+,31+,32-,33+,38+,39-,40+,43-,44+,45-,46-,47+,50+,51-,52-,53-/m1/s1.